The third-order valence-electron chi connectivity index (χ3n) is 4.57. The summed E-state index contributed by atoms with van der Waals surface area (Å²) in [6.07, 6.45) is 0. The summed E-state index contributed by atoms with van der Waals surface area (Å²) in [5, 5.41) is 8.12. The van der Waals surface area contributed by atoms with Crippen LogP contribution in [-0.4, -0.2) is 6.69 Å². The maximum atomic E-state index is 4.12. The van der Waals surface area contributed by atoms with Crippen LogP contribution in [0, 0.1) is 0 Å². The van der Waals surface area contributed by atoms with E-state index in [4.69, 9.17) is 0 Å². The molecule has 0 saturated carbocycles. The van der Waals surface area contributed by atoms with Gasteiger partial charge in [0, 0.05) is 0 Å². The van der Waals surface area contributed by atoms with Crippen molar-refractivity contribution in [2.45, 2.75) is 6.55 Å². The van der Waals surface area contributed by atoms with Crippen LogP contribution < -0.4 is 10.4 Å². The highest BCUT2D eigenvalue weighted by molar-refractivity contribution is 9.27. The van der Waals surface area contributed by atoms with E-state index in [0.29, 0.717) is 0 Å². The largest absolute Gasteiger partial charge is 0.188 e. The van der Waals surface area contributed by atoms with E-state index in [0.717, 1.165) is 0 Å². The molecule has 1 atom stereocenters. The van der Waals surface area contributed by atoms with Crippen molar-refractivity contribution in [3.05, 3.63) is 84.9 Å². The van der Waals surface area contributed by atoms with Gasteiger partial charge in [-0.25, -0.2) is 0 Å². The van der Waals surface area contributed by atoms with E-state index in [1.54, 1.807) is 0 Å². The van der Waals surface area contributed by atoms with Gasteiger partial charge in [-0.05, 0) is 44.1 Å². The number of fused-ring (bicyclic) bond motifs is 2. The first kappa shape index (κ1) is 14.7. The number of benzene rings is 4. The van der Waals surface area contributed by atoms with Crippen LogP contribution in [0.2, 0.25) is 6.55 Å². The normalized spacial score (nSPS) is 14.0. The summed E-state index contributed by atoms with van der Waals surface area (Å²) >= 11 is 4.12. The van der Waals surface area contributed by atoms with Crippen molar-refractivity contribution in [2.24, 2.45) is 0 Å². The lowest BCUT2D eigenvalue weighted by Crippen LogP contribution is -2.50. The summed E-state index contributed by atoms with van der Waals surface area (Å²) in [7, 11) is 0. The Morgan fingerprint density at radius 1 is 0.652 bits per heavy atom. The minimum Gasteiger partial charge on any atom is -0.114 e. The van der Waals surface area contributed by atoms with Crippen LogP contribution >= 0.6 is 15.3 Å². The Bertz CT molecular complexity index is 990. The van der Waals surface area contributed by atoms with E-state index in [2.05, 4.69) is 107 Å². The molecular formula is C21H17BrSi. The van der Waals surface area contributed by atoms with Crippen molar-refractivity contribution in [1.29, 1.82) is 0 Å². The summed E-state index contributed by atoms with van der Waals surface area (Å²) in [5.74, 6) is 0. The maximum absolute atomic E-state index is 4.12. The Morgan fingerprint density at radius 2 is 1.26 bits per heavy atom. The molecule has 4 aromatic rings. The third-order valence-corrected chi connectivity index (χ3v) is 10.1. The molecule has 0 N–H and O–H groups in total. The van der Waals surface area contributed by atoms with Crippen LogP contribution in [0.5, 0.6) is 0 Å². The molecule has 0 aliphatic carbocycles. The standard InChI is InChI=1S/C21H17BrSi/c1-23(22,19-11-3-2-4-12-19)21-13-7-10-18-14-16-8-5-6-9-17(16)15-20(18)21/h2-15H,1H3. The molecule has 0 heterocycles. The summed E-state index contributed by atoms with van der Waals surface area (Å²) < 4.78 is 0. The van der Waals surface area contributed by atoms with Gasteiger partial charge in [0.2, 0.25) is 0 Å². The van der Waals surface area contributed by atoms with E-state index >= 15 is 0 Å². The minimum atomic E-state index is -1.89. The minimum absolute atomic E-state index is 1.30. The molecule has 0 spiro atoms. The van der Waals surface area contributed by atoms with Gasteiger partial charge >= 0.3 is 0 Å². The quantitative estimate of drug-likeness (QED) is 0.260. The fourth-order valence-electron chi connectivity index (χ4n) is 3.28. The van der Waals surface area contributed by atoms with Gasteiger partial charge in [0.25, 0.3) is 0 Å². The SMILES string of the molecule is C[Si](Br)(c1ccccc1)c1cccc2cc3ccccc3cc12. The molecule has 112 valence electrons. The second-order valence-corrected chi connectivity index (χ2v) is 14.0. The lowest BCUT2D eigenvalue weighted by molar-refractivity contribution is 1.74. The zero-order valence-electron chi connectivity index (χ0n) is 13.0. The molecule has 0 aromatic heterocycles. The molecule has 0 fully saturated rings. The topological polar surface area (TPSA) is 0 Å². The van der Waals surface area contributed by atoms with E-state index in [1.807, 2.05) is 0 Å². The summed E-state index contributed by atoms with van der Waals surface area (Å²) in [6, 6.07) is 30.7. The second-order valence-electron chi connectivity index (χ2n) is 6.10. The molecule has 0 amide bonds. The highest BCUT2D eigenvalue weighted by Gasteiger charge is 2.30. The van der Waals surface area contributed by atoms with Crippen molar-refractivity contribution in [2.75, 3.05) is 0 Å². The highest BCUT2D eigenvalue weighted by atomic mass is 79.9. The Balaban J connectivity index is 2.02. The lowest BCUT2D eigenvalue weighted by Gasteiger charge is -2.23. The Hall–Kier alpha value is -1.90. The van der Waals surface area contributed by atoms with E-state index in [9.17, 15) is 0 Å². The molecule has 0 nitrogen and oxygen atoms in total. The lowest BCUT2D eigenvalue weighted by atomic mass is 10.0. The van der Waals surface area contributed by atoms with E-state index < -0.39 is 6.69 Å². The Labute approximate surface area is 145 Å². The smallest absolute Gasteiger partial charge is 0.114 e. The van der Waals surface area contributed by atoms with Crippen molar-refractivity contribution in [3.63, 3.8) is 0 Å². The Morgan fingerprint density at radius 3 is 2.00 bits per heavy atom. The van der Waals surface area contributed by atoms with Crippen LogP contribution in [0.15, 0.2) is 84.9 Å². The Kier molecular flexibility index (Phi) is 3.59. The van der Waals surface area contributed by atoms with Gasteiger partial charge in [-0.15, -0.1) is 15.3 Å². The van der Waals surface area contributed by atoms with Crippen LogP contribution in [0.1, 0.15) is 0 Å². The zero-order valence-corrected chi connectivity index (χ0v) is 15.5. The molecule has 4 aromatic carbocycles. The number of halogens is 1. The fraction of sp³-hybridized carbons (Fsp3) is 0.0476. The molecule has 0 radical (unpaired) electrons. The van der Waals surface area contributed by atoms with Crippen molar-refractivity contribution >= 4 is 53.9 Å². The van der Waals surface area contributed by atoms with Gasteiger partial charge in [0.15, 0.2) is 6.69 Å². The van der Waals surface area contributed by atoms with Crippen LogP contribution in [-0.2, 0) is 0 Å². The van der Waals surface area contributed by atoms with Crippen molar-refractivity contribution in [1.82, 2.24) is 0 Å². The molecule has 0 aliphatic rings. The van der Waals surface area contributed by atoms with Gasteiger partial charge in [0.05, 0.1) is 0 Å². The average molecular weight is 377 g/mol. The van der Waals surface area contributed by atoms with Crippen LogP contribution in [0.4, 0.5) is 0 Å². The second kappa shape index (κ2) is 5.62. The number of hydrogen-bond acceptors (Lipinski definition) is 0. The van der Waals surface area contributed by atoms with Gasteiger partial charge < -0.3 is 0 Å². The zero-order chi connectivity index (χ0) is 15.9. The molecule has 4 rings (SSSR count). The van der Waals surface area contributed by atoms with Gasteiger partial charge in [-0.1, -0.05) is 79.3 Å². The first-order valence-electron chi connectivity index (χ1n) is 7.83. The summed E-state index contributed by atoms with van der Waals surface area (Å²) in [4.78, 5) is 0. The molecule has 2 heteroatoms. The third kappa shape index (κ3) is 2.52. The van der Waals surface area contributed by atoms with Gasteiger partial charge in [-0.3, -0.25) is 0 Å². The first-order chi connectivity index (χ1) is 11.2. The molecular weight excluding hydrogens is 360 g/mol. The predicted molar refractivity (Wildman–Crippen MR) is 108 cm³/mol. The molecule has 0 aliphatic heterocycles. The number of hydrogen-bond donors (Lipinski definition) is 0. The molecule has 1 unspecified atom stereocenters. The fourth-order valence-corrected chi connectivity index (χ4v) is 7.37. The molecule has 23 heavy (non-hydrogen) atoms. The summed E-state index contributed by atoms with van der Waals surface area (Å²) in [5.41, 5.74) is 0. The molecule has 0 saturated heterocycles. The van der Waals surface area contributed by atoms with E-state index in [1.165, 1.54) is 31.9 Å². The first-order valence-corrected chi connectivity index (χ1v) is 12.6. The summed E-state index contributed by atoms with van der Waals surface area (Å²) in [6.45, 7) is 0.473. The van der Waals surface area contributed by atoms with Gasteiger partial charge in [-0.2, -0.15) is 0 Å². The van der Waals surface area contributed by atoms with Gasteiger partial charge in [0.1, 0.15) is 0 Å². The molecule has 0 bridgehead atoms. The monoisotopic (exact) mass is 376 g/mol. The van der Waals surface area contributed by atoms with Crippen molar-refractivity contribution < 1.29 is 0 Å². The van der Waals surface area contributed by atoms with Crippen LogP contribution in [0.3, 0.4) is 0 Å². The van der Waals surface area contributed by atoms with Crippen LogP contribution in [0.25, 0.3) is 21.5 Å². The number of rotatable bonds is 2. The average Bonchev–Trinajstić information content (AvgIpc) is 2.60. The predicted octanol–water partition coefficient (Wildman–Crippen LogP) is 5.08. The van der Waals surface area contributed by atoms with Crippen molar-refractivity contribution in [3.8, 4) is 0 Å². The maximum Gasteiger partial charge on any atom is 0.188 e. The highest BCUT2D eigenvalue weighted by Crippen LogP contribution is 2.25. The van der Waals surface area contributed by atoms with E-state index in [-0.39, 0.29) is 0 Å².